The lowest BCUT2D eigenvalue weighted by Gasteiger charge is -2.05. The Labute approximate surface area is 117 Å². The van der Waals surface area contributed by atoms with Gasteiger partial charge in [0.15, 0.2) is 0 Å². The summed E-state index contributed by atoms with van der Waals surface area (Å²) in [5.41, 5.74) is 6.88. The molecule has 0 bridgehead atoms. The van der Waals surface area contributed by atoms with Crippen LogP contribution in [0, 0.1) is 6.92 Å². The molecule has 102 valence electrons. The first-order valence-electron chi connectivity index (χ1n) is 6.08. The molecular weight excluding hydrogens is 260 g/mol. The number of hydrogen-bond acceptors (Lipinski definition) is 5. The maximum Gasteiger partial charge on any atom is 0.140 e. The Balaban J connectivity index is 2.04. The second-order valence-electron chi connectivity index (χ2n) is 4.31. The first-order chi connectivity index (χ1) is 9.10. The Morgan fingerprint density at radius 1 is 1.37 bits per heavy atom. The summed E-state index contributed by atoms with van der Waals surface area (Å²) in [6.07, 6.45) is 0. The van der Waals surface area contributed by atoms with Gasteiger partial charge in [0, 0.05) is 17.0 Å². The van der Waals surface area contributed by atoms with Gasteiger partial charge in [0.1, 0.15) is 23.1 Å². The van der Waals surface area contributed by atoms with Crippen LogP contribution in [0.3, 0.4) is 0 Å². The molecule has 0 amide bonds. The molecule has 0 saturated heterocycles. The van der Waals surface area contributed by atoms with E-state index >= 15 is 0 Å². The molecule has 0 aliphatic carbocycles. The molecule has 19 heavy (non-hydrogen) atoms. The lowest BCUT2D eigenvalue weighted by Crippen LogP contribution is -2.03. The van der Waals surface area contributed by atoms with Crippen LogP contribution in [0.2, 0.25) is 0 Å². The fraction of sp³-hybridized carbons (Fsp3) is 0.357. The smallest absolute Gasteiger partial charge is 0.140 e. The average Bonchev–Trinajstić information content (AvgIpc) is 2.78. The summed E-state index contributed by atoms with van der Waals surface area (Å²) >= 11 is 1.60. The molecule has 0 radical (unpaired) electrons. The maximum atomic E-state index is 5.89. The molecule has 5 heteroatoms. The highest BCUT2D eigenvalue weighted by atomic mass is 32.1. The zero-order chi connectivity index (χ0) is 13.8. The highest BCUT2D eigenvalue weighted by Crippen LogP contribution is 2.25. The summed E-state index contributed by atoms with van der Waals surface area (Å²) in [6.45, 7) is 4.39. The first-order valence-corrected chi connectivity index (χ1v) is 6.90. The summed E-state index contributed by atoms with van der Waals surface area (Å²) in [5, 5.41) is 0.938. The van der Waals surface area contributed by atoms with Gasteiger partial charge in [0.25, 0.3) is 0 Å². The fourth-order valence-electron chi connectivity index (χ4n) is 1.79. The van der Waals surface area contributed by atoms with E-state index in [1.807, 2.05) is 38.1 Å². The summed E-state index contributed by atoms with van der Waals surface area (Å²) in [4.78, 5) is 5.59. The standard InChI is InChI=1S/C14H18N2O2S/c1-9(15)14-10(2)16-13(19-14)8-18-12-6-4-5-11(7-12)17-3/h4-7,9H,8,15H2,1-3H3. The number of nitrogens with two attached hydrogens (primary N) is 1. The number of ether oxygens (including phenoxy) is 2. The van der Waals surface area contributed by atoms with E-state index in [-0.39, 0.29) is 6.04 Å². The molecule has 0 spiro atoms. The van der Waals surface area contributed by atoms with Gasteiger partial charge < -0.3 is 15.2 Å². The van der Waals surface area contributed by atoms with E-state index in [1.54, 1.807) is 18.4 Å². The van der Waals surface area contributed by atoms with E-state index in [9.17, 15) is 0 Å². The van der Waals surface area contributed by atoms with Gasteiger partial charge in [-0.05, 0) is 26.0 Å². The van der Waals surface area contributed by atoms with Crippen molar-refractivity contribution in [2.45, 2.75) is 26.5 Å². The lowest BCUT2D eigenvalue weighted by atomic mass is 10.2. The minimum absolute atomic E-state index is 0.0167. The molecule has 0 aliphatic heterocycles. The Bertz CT molecular complexity index is 552. The zero-order valence-electron chi connectivity index (χ0n) is 11.3. The highest BCUT2D eigenvalue weighted by Gasteiger charge is 2.11. The fourth-order valence-corrected chi connectivity index (χ4v) is 2.72. The number of methoxy groups -OCH3 is 1. The van der Waals surface area contributed by atoms with Gasteiger partial charge in [-0.1, -0.05) is 6.07 Å². The summed E-state index contributed by atoms with van der Waals surface area (Å²) in [5.74, 6) is 1.55. The number of benzene rings is 1. The van der Waals surface area contributed by atoms with Crippen molar-refractivity contribution in [2.24, 2.45) is 5.73 Å². The third-order valence-corrected chi connectivity index (χ3v) is 4.03. The SMILES string of the molecule is COc1cccc(OCc2nc(C)c(C(C)N)s2)c1. The van der Waals surface area contributed by atoms with Gasteiger partial charge in [-0.15, -0.1) is 11.3 Å². The van der Waals surface area contributed by atoms with Gasteiger partial charge in [-0.2, -0.15) is 0 Å². The van der Waals surface area contributed by atoms with Gasteiger partial charge >= 0.3 is 0 Å². The number of aromatic nitrogens is 1. The van der Waals surface area contributed by atoms with E-state index in [2.05, 4.69) is 4.98 Å². The van der Waals surface area contributed by atoms with Crippen LogP contribution in [0.15, 0.2) is 24.3 Å². The number of thiazole rings is 1. The summed E-state index contributed by atoms with van der Waals surface area (Å²) < 4.78 is 10.9. The minimum atomic E-state index is 0.0167. The summed E-state index contributed by atoms with van der Waals surface area (Å²) in [6, 6.07) is 7.55. The van der Waals surface area contributed by atoms with Crippen LogP contribution >= 0.6 is 11.3 Å². The molecule has 0 fully saturated rings. The van der Waals surface area contributed by atoms with E-state index in [0.29, 0.717) is 6.61 Å². The van der Waals surface area contributed by atoms with Crippen molar-refractivity contribution >= 4 is 11.3 Å². The second kappa shape index (κ2) is 6.04. The monoisotopic (exact) mass is 278 g/mol. The van der Waals surface area contributed by atoms with Crippen molar-refractivity contribution in [3.63, 3.8) is 0 Å². The number of rotatable bonds is 5. The Kier molecular flexibility index (Phi) is 4.39. The van der Waals surface area contributed by atoms with Crippen LogP contribution in [0.1, 0.15) is 28.5 Å². The van der Waals surface area contributed by atoms with Crippen molar-refractivity contribution in [2.75, 3.05) is 7.11 Å². The van der Waals surface area contributed by atoms with Gasteiger partial charge in [-0.3, -0.25) is 0 Å². The molecule has 0 aliphatic rings. The molecule has 1 unspecified atom stereocenters. The lowest BCUT2D eigenvalue weighted by molar-refractivity contribution is 0.303. The molecule has 4 nitrogen and oxygen atoms in total. The van der Waals surface area contributed by atoms with E-state index in [4.69, 9.17) is 15.2 Å². The molecule has 1 aromatic carbocycles. The van der Waals surface area contributed by atoms with Crippen LogP contribution < -0.4 is 15.2 Å². The molecule has 1 heterocycles. The van der Waals surface area contributed by atoms with Crippen LogP contribution in [-0.2, 0) is 6.61 Å². The van der Waals surface area contributed by atoms with E-state index in [0.717, 1.165) is 27.1 Å². The first kappa shape index (κ1) is 13.8. The third-order valence-electron chi connectivity index (χ3n) is 2.69. The van der Waals surface area contributed by atoms with E-state index in [1.165, 1.54) is 0 Å². The molecule has 2 N–H and O–H groups in total. The van der Waals surface area contributed by atoms with Crippen molar-refractivity contribution in [1.82, 2.24) is 4.98 Å². The summed E-state index contributed by atoms with van der Waals surface area (Å²) in [7, 11) is 1.64. The van der Waals surface area contributed by atoms with E-state index < -0.39 is 0 Å². The minimum Gasteiger partial charge on any atom is -0.497 e. The Morgan fingerprint density at radius 3 is 2.74 bits per heavy atom. The van der Waals surface area contributed by atoms with Crippen molar-refractivity contribution in [3.05, 3.63) is 39.8 Å². The second-order valence-corrected chi connectivity index (χ2v) is 5.43. The predicted molar refractivity (Wildman–Crippen MR) is 76.8 cm³/mol. The Hall–Kier alpha value is -1.59. The van der Waals surface area contributed by atoms with Gasteiger partial charge in [0.2, 0.25) is 0 Å². The van der Waals surface area contributed by atoms with Crippen molar-refractivity contribution in [1.29, 1.82) is 0 Å². The largest absolute Gasteiger partial charge is 0.497 e. The van der Waals surface area contributed by atoms with Crippen molar-refractivity contribution < 1.29 is 9.47 Å². The average molecular weight is 278 g/mol. The quantitative estimate of drug-likeness (QED) is 0.913. The Morgan fingerprint density at radius 2 is 2.11 bits per heavy atom. The molecular formula is C14H18N2O2S. The topological polar surface area (TPSA) is 57.4 Å². The highest BCUT2D eigenvalue weighted by molar-refractivity contribution is 7.11. The normalized spacial score (nSPS) is 12.2. The molecule has 2 aromatic rings. The zero-order valence-corrected chi connectivity index (χ0v) is 12.2. The van der Waals surface area contributed by atoms with Crippen LogP contribution in [0.25, 0.3) is 0 Å². The van der Waals surface area contributed by atoms with Crippen LogP contribution in [0.5, 0.6) is 11.5 Å². The van der Waals surface area contributed by atoms with Gasteiger partial charge in [0.05, 0.1) is 12.8 Å². The molecule has 1 aromatic heterocycles. The molecule has 2 rings (SSSR count). The molecule has 1 atom stereocenters. The predicted octanol–water partition coefficient (Wildman–Crippen LogP) is 3.06. The number of nitrogens with zero attached hydrogens (tertiary/aromatic N) is 1. The number of aryl methyl sites for hydroxylation is 1. The van der Waals surface area contributed by atoms with Crippen LogP contribution in [-0.4, -0.2) is 12.1 Å². The number of hydrogen-bond donors (Lipinski definition) is 1. The van der Waals surface area contributed by atoms with Gasteiger partial charge in [-0.25, -0.2) is 4.98 Å². The third kappa shape index (κ3) is 3.45. The van der Waals surface area contributed by atoms with Crippen LogP contribution in [0.4, 0.5) is 0 Å². The van der Waals surface area contributed by atoms with Crippen molar-refractivity contribution in [3.8, 4) is 11.5 Å². The maximum absolute atomic E-state index is 5.89. The molecule has 0 saturated carbocycles.